The molecular formula is C9H17IN2O. The van der Waals surface area contributed by atoms with Gasteiger partial charge >= 0.3 is 0 Å². The lowest BCUT2D eigenvalue weighted by Gasteiger charge is -2.32. The van der Waals surface area contributed by atoms with E-state index >= 15 is 0 Å². The van der Waals surface area contributed by atoms with Gasteiger partial charge in [0.1, 0.15) is 0 Å². The van der Waals surface area contributed by atoms with Crippen molar-refractivity contribution in [1.82, 2.24) is 10.2 Å². The number of piperidine rings is 1. The Balaban J connectivity index is 2.26. The highest BCUT2D eigenvalue weighted by Crippen LogP contribution is 2.11. The van der Waals surface area contributed by atoms with E-state index in [2.05, 4.69) is 34.8 Å². The summed E-state index contributed by atoms with van der Waals surface area (Å²) in [5, 5.41) is 3.49. The molecule has 1 aliphatic rings. The van der Waals surface area contributed by atoms with E-state index in [0.29, 0.717) is 10.1 Å². The van der Waals surface area contributed by atoms with E-state index in [4.69, 9.17) is 0 Å². The van der Waals surface area contributed by atoms with Gasteiger partial charge in [-0.2, -0.15) is 0 Å². The Morgan fingerprint density at radius 2 is 2.08 bits per heavy atom. The second-order valence-corrected chi connectivity index (χ2v) is 5.43. The number of likely N-dealkylation sites (tertiary alicyclic amines) is 1. The molecule has 13 heavy (non-hydrogen) atoms. The lowest BCUT2D eigenvalue weighted by Crippen LogP contribution is -2.45. The predicted octanol–water partition coefficient (Wildman–Crippen LogP) is 1.37. The van der Waals surface area contributed by atoms with Crippen LogP contribution in [0.1, 0.15) is 26.7 Å². The molecule has 76 valence electrons. The Hall–Kier alpha value is 0.160. The van der Waals surface area contributed by atoms with Crippen molar-refractivity contribution in [3.05, 3.63) is 0 Å². The number of carbonyl (C=O) groups excluding carboxylic acids is 1. The third-order valence-electron chi connectivity index (χ3n) is 2.41. The van der Waals surface area contributed by atoms with Crippen molar-refractivity contribution in [3.63, 3.8) is 0 Å². The van der Waals surface area contributed by atoms with Gasteiger partial charge in [-0.05, 0) is 19.8 Å². The van der Waals surface area contributed by atoms with Gasteiger partial charge in [0.2, 0.25) is 5.91 Å². The molecule has 1 saturated heterocycles. The molecule has 1 amide bonds. The summed E-state index contributed by atoms with van der Waals surface area (Å²) in [6.07, 6.45) is 2.18. The van der Waals surface area contributed by atoms with Crippen molar-refractivity contribution in [2.24, 2.45) is 0 Å². The van der Waals surface area contributed by atoms with Crippen LogP contribution in [0.5, 0.6) is 0 Å². The van der Waals surface area contributed by atoms with Crippen LogP contribution in [0.25, 0.3) is 0 Å². The highest BCUT2D eigenvalue weighted by molar-refractivity contribution is 14.1. The fourth-order valence-corrected chi connectivity index (χ4v) is 2.19. The maximum Gasteiger partial charge on any atom is 0.219 e. The van der Waals surface area contributed by atoms with Crippen molar-refractivity contribution in [2.75, 3.05) is 13.1 Å². The van der Waals surface area contributed by atoms with Crippen molar-refractivity contribution in [3.8, 4) is 0 Å². The van der Waals surface area contributed by atoms with E-state index in [1.807, 2.05) is 4.90 Å². The number of nitrogens with one attached hydrogen (secondary N) is 1. The number of amides is 1. The maximum absolute atomic E-state index is 11.0. The van der Waals surface area contributed by atoms with Crippen LogP contribution in [-0.4, -0.2) is 34.0 Å². The van der Waals surface area contributed by atoms with Gasteiger partial charge in [0.05, 0.1) is 4.05 Å². The second kappa shape index (κ2) is 5.14. The van der Waals surface area contributed by atoms with Gasteiger partial charge in [-0.3, -0.25) is 4.79 Å². The van der Waals surface area contributed by atoms with E-state index in [-0.39, 0.29) is 5.91 Å². The number of halogens is 1. The average Bonchev–Trinajstić information content (AvgIpc) is 2.04. The molecule has 0 aromatic rings. The summed E-state index contributed by atoms with van der Waals surface area (Å²) in [5.74, 6) is 0.209. The summed E-state index contributed by atoms with van der Waals surface area (Å²) in [4.78, 5) is 13.0. The smallest absolute Gasteiger partial charge is 0.219 e. The second-order valence-electron chi connectivity index (χ2n) is 3.56. The molecule has 1 atom stereocenters. The summed E-state index contributed by atoms with van der Waals surface area (Å²) in [6.45, 7) is 5.62. The molecule has 0 saturated carbocycles. The average molecular weight is 296 g/mol. The van der Waals surface area contributed by atoms with Crippen LogP contribution in [0.15, 0.2) is 0 Å². The molecule has 0 aromatic carbocycles. The van der Waals surface area contributed by atoms with Crippen LogP contribution in [0, 0.1) is 0 Å². The van der Waals surface area contributed by atoms with Gasteiger partial charge in [-0.15, -0.1) is 0 Å². The number of nitrogens with zero attached hydrogens (tertiary/aromatic N) is 1. The number of alkyl halides is 1. The molecule has 0 aromatic heterocycles. The minimum atomic E-state index is 0.209. The van der Waals surface area contributed by atoms with E-state index in [9.17, 15) is 4.79 Å². The third-order valence-corrected chi connectivity index (χ3v) is 2.77. The lowest BCUT2D eigenvalue weighted by atomic mass is 10.1. The predicted molar refractivity (Wildman–Crippen MR) is 61.9 cm³/mol. The number of hydrogen-bond donors (Lipinski definition) is 1. The van der Waals surface area contributed by atoms with Crippen LogP contribution in [0.4, 0.5) is 0 Å². The molecule has 1 aliphatic heterocycles. The monoisotopic (exact) mass is 296 g/mol. The maximum atomic E-state index is 11.0. The van der Waals surface area contributed by atoms with E-state index in [1.54, 1.807) is 6.92 Å². The van der Waals surface area contributed by atoms with Crippen LogP contribution in [0.2, 0.25) is 0 Å². The molecule has 1 N–H and O–H groups in total. The van der Waals surface area contributed by atoms with Crippen LogP contribution in [-0.2, 0) is 4.79 Å². The Bertz CT molecular complexity index is 176. The molecule has 0 aliphatic carbocycles. The van der Waals surface area contributed by atoms with Crippen LogP contribution < -0.4 is 5.32 Å². The van der Waals surface area contributed by atoms with Gasteiger partial charge < -0.3 is 10.2 Å². The normalized spacial score (nSPS) is 21.6. The zero-order valence-corrected chi connectivity index (χ0v) is 10.4. The van der Waals surface area contributed by atoms with Crippen molar-refractivity contribution in [2.45, 2.75) is 36.8 Å². The Morgan fingerprint density at radius 3 is 2.46 bits per heavy atom. The lowest BCUT2D eigenvalue weighted by molar-refractivity contribution is -0.129. The fourth-order valence-electron chi connectivity index (χ4n) is 1.69. The summed E-state index contributed by atoms with van der Waals surface area (Å²) >= 11 is 2.37. The van der Waals surface area contributed by atoms with E-state index < -0.39 is 0 Å². The first-order valence-corrected chi connectivity index (χ1v) is 6.00. The summed E-state index contributed by atoms with van der Waals surface area (Å²) in [6, 6.07) is 0.600. The quantitative estimate of drug-likeness (QED) is 0.474. The van der Waals surface area contributed by atoms with Crippen molar-refractivity contribution in [1.29, 1.82) is 0 Å². The highest BCUT2D eigenvalue weighted by Gasteiger charge is 2.20. The van der Waals surface area contributed by atoms with Crippen LogP contribution >= 0.6 is 22.6 Å². The SMILES string of the molecule is CC(=O)N1CCC(N[C@H](C)I)CC1. The van der Waals surface area contributed by atoms with E-state index in [1.165, 1.54) is 0 Å². The van der Waals surface area contributed by atoms with Crippen molar-refractivity contribution >= 4 is 28.5 Å². The molecular weight excluding hydrogens is 279 g/mol. The van der Waals surface area contributed by atoms with Gasteiger partial charge in [0.25, 0.3) is 0 Å². The first-order valence-electron chi connectivity index (χ1n) is 4.75. The first kappa shape index (κ1) is 11.2. The zero-order chi connectivity index (χ0) is 9.84. The molecule has 0 unspecified atom stereocenters. The fraction of sp³-hybridized carbons (Fsp3) is 0.889. The number of hydrogen-bond acceptors (Lipinski definition) is 2. The molecule has 0 spiro atoms. The molecule has 1 heterocycles. The Labute approximate surface area is 93.4 Å². The Kier molecular flexibility index (Phi) is 4.45. The molecule has 4 heteroatoms. The largest absolute Gasteiger partial charge is 0.343 e. The molecule has 0 radical (unpaired) electrons. The first-order chi connectivity index (χ1) is 6.09. The minimum Gasteiger partial charge on any atom is -0.343 e. The van der Waals surface area contributed by atoms with Gasteiger partial charge in [-0.1, -0.05) is 22.6 Å². The standard InChI is InChI=1S/C9H17IN2O/c1-7(10)11-9-3-5-12(6-4-9)8(2)13/h7,9,11H,3-6H2,1-2H3/t7-/m1/s1. The molecule has 1 fully saturated rings. The molecule has 0 bridgehead atoms. The number of carbonyl (C=O) groups is 1. The topological polar surface area (TPSA) is 32.3 Å². The summed E-state index contributed by atoms with van der Waals surface area (Å²) in [7, 11) is 0. The number of rotatable bonds is 2. The minimum absolute atomic E-state index is 0.209. The summed E-state index contributed by atoms with van der Waals surface area (Å²) in [5.41, 5.74) is 0. The summed E-state index contributed by atoms with van der Waals surface area (Å²) < 4.78 is 0.520. The Morgan fingerprint density at radius 1 is 1.54 bits per heavy atom. The van der Waals surface area contributed by atoms with Gasteiger partial charge in [0, 0.05) is 26.1 Å². The zero-order valence-electron chi connectivity index (χ0n) is 8.22. The molecule has 1 rings (SSSR count). The van der Waals surface area contributed by atoms with Gasteiger partial charge in [0.15, 0.2) is 0 Å². The van der Waals surface area contributed by atoms with E-state index in [0.717, 1.165) is 25.9 Å². The van der Waals surface area contributed by atoms with Gasteiger partial charge in [-0.25, -0.2) is 0 Å². The third kappa shape index (κ3) is 3.81. The van der Waals surface area contributed by atoms with Crippen LogP contribution in [0.3, 0.4) is 0 Å². The molecule has 3 nitrogen and oxygen atoms in total. The van der Waals surface area contributed by atoms with Crippen molar-refractivity contribution < 1.29 is 4.79 Å². The highest BCUT2D eigenvalue weighted by atomic mass is 127.